The van der Waals surface area contributed by atoms with Crippen molar-refractivity contribution in [3.63, 3.8) is 0 Å². The smallest absolute Gasteiger partial charge is 0.345 e. The molecule has 0 spiro atoms. The van der Waals surface area contributed by atoms with Crippen LogP contribution in [0.5, 0.6) is 11.5 Å². The van der Waals surface area contributed by atoms with Crippen LogP contribution in [0.2, 0.25) is 10.0 Å². The van der Waals surface area contributed by atoms with Crippen molar-refractivity contribution in [1.29, 1.82) is 0 Å². The molecule has 6 aromatic rings. The molecule has 0 unspecified atom stereocenters. The Kier molecular flexibility index (Phi) is 6.24. The lowest BCUT2D eigenvalue weighted by atomic mass is 10.1. The summed E-state index contributed by atoms with van der Waals surface area (Å²) in [5.74, 6) is -4.81. The van der Waals surface area contributed by atoms with Crippen molar-refractivity contribution in [2.45, 2.75) is 13.7 Å². The number of aromatic hydroxyl groups is 2. The molecule has 13 heteroatoms. The quantitative estimate of drug-likeness (QED) is 0.139. The van der Waals surface area contributed by atoms with Gasteiger partial charge in [-0.2, -0.15) is 0 Å². The number of hydrogen-bond donors (Lipinski definition) is 4. The van der Waals surface area contributed by atoms with E-state index < -0.39 is 144 Å². The van der Waals surface area contributed by atoms with Gasteiger partial charge in [0.2, 0.25) is 0 Å². The maximum atomic E-state index is 13.7. The van der Waals surface area contributed by atoms with Crippen LogP contribution < -0.4 is 21.3 Å². The number of fused-ring (bicyclic) bond motifs is 2. The summed E-state index contributed by atoms with van der Waals surface area (Å²) in [5.41, 5.74) is -4.93. The lowest BCUT2D eigenvalue weighted by molar-refractivity contribution is 0.0691. The number of carbonyl (C=O) groups excluding carboxylic acids is 1. The van der Waals surface area contributed by atoms with Gasteiger partial charge in [0.1, 0.15) is 17.1 Å². The average molecular weight is 752 g/mol. The molecule has 2 heterocycles. The standard InChI is InChI=1S/C19H17ClN2O3.C11H8ClNO4.C8H11N/c1-3-22(12-8-5-4-6-9-12)19(25)16-17(23)15-13(20)10-7-11-14(15)21(2)18(16)24;1-13-6-4-2-3-5(12)7(6)9(14)8(10(13)15)11(16)17;1-2-9-8-6-4-3-5-7-8/h4-11,23H,3H2,1-2H3;2-4,14H,1H3,(H,16,17);3-7,9H,2H2,1H3/i1D3,3D2,4D,5D,6D,8D,9D;;1D3,2D2,3D,4D,5D,6D,7D. The number of aromatic carboxylic acids is 1. The second kappa shape index (κ2) is 16.8. The van der Waals surface area contributed by atoms with Crippen LogP contribution in [0.25, 0.3) is 21.8 Å². The molecule has 11 nitrogen and oxygen atoms in total. The molecule has 4 aromatic carbocycles. The largest absolute Gasteiger partial charge is 0.506 e. The van der Waals surface area contributed by atoms with Gasteiger partial charge in [-0.1, -0.05) is 71.6 Å². The van der Waals surface area contributed by atoms with E-state index in [0.29, 0.717) is 5.52 Å². The number of carboxylic acid groups (broad SMARTS) is 1. The summed E-state index contributed by atoms with van der Waals surface area (Å²) in [4.78, 5) is 49.2. The SMILES string of the molecule is Cn1c(=O)c(C(=O)O)c(O)c2c(Cl)cccc21.[2H]c1c([2H])c([2H])c(N(C(=O)c2c(O)c3c(Cl)cccc3n(C)c2=O)C([2H])([2H])C([2H])([2H])[2H])c([2H])c1[2H].[2H]c1c([2H])c([2H])c(NC([2H])([2H])C([2H])([2H])[2H])c([2H])c1[2H]. The van der Waals surface area contributed by atoms with Gasteiger partial charge in [-0.3, -0.25) is 14.4 Å². The first kappa shape index (κ1) is 19.0. The molecule has 6 rings (SSSR count). The first-order valence-electron chi connectivity index (χ1n) is 23.8. The molecule has 0 aliphatic carbocycles. The number of carbonyl (C=O) groups is 2. The first-order chi connectivity index (χ1) is 32.3. The van der Waals surface area contributed by atoms with E-state index in [1.165, 1.54) is 38.4 Å². The molecule has 51 heavy (non-hydrogen) atoms. The van der Waals surface area contributed by atoms with Gasteiger partial charge in [0.05, 0.1) is 45.6 Å². The second-order valence-electron chi connectivity index (χ2n) is 9.72. The number of carboxylic acids is 1. The summed E-state index contributed by atoms with van der Waals surface area (Å²) in [7, 11) is 2.65. The molecule has 2 aromatic heterocycles. The molecule has 0 aliphatic heterocycles. The number of para-hydroxylation sites is 2. The average Bonchev–Trinajstić information content (AvgIpc) is 3.27. The number of rotatable bonds is 6. The zero-order valence-electron chi connectivity index (χ0n) is 46.0. The number of nitrogens with zero attached hydrogens (tertiary/aromatic N) is 3. The molecule has 0 aliphatic rings. The summed E-state index contributed by atoms with van der Waals surface area (Å²) in [6.07, 6.45) is 0. The number of aryl methyl sites for hydroxylation is 2. The van der Waals surface area contributed by atoms with Gasteiger partial charge in [0.15, 0.2) is 5.56 Å². The third-order valence-corrected chi connectivity index (χ3v) is 7.46. The van der Waals surface area contributed by atoms with E-state index in [2.05, 4.69) is 0 Å². The van der Waals surface area contributed by atoms with Gasteiger partial charge in [-0.05, 0) is 62.1 Å². The van der Waals surface area contributed by atoms with Gasteiger partial charge in [0.25, 0.3) is 17.0 Å². The van der Waals surface area contributed by atoms with E-state index in [0.717, 1.165) is 9.13 Å². The Hall–Kier alpha value is -5.78. The molecule has 1 amide bonds. The number of pyridine rings is 2. The minimum absolute atomic E-state index is 0.0853. The van der Waals surface area contributed by atoms with E-state index in [1.807, 2.05) is 5.32 Å². The van der Waals surface area contributed by atoms with Gasteiger partial charge in [0, 0.05) is 52.2 Å². The van der Waals surface area contributed by atoms with E-state index in [9.17, 15) is 29.4 Å². The highest BCUT2D eigenvalue weighted by Gasteiger charge is 2.27. The zero-order chi connectivity index (χ0) is 54.7. The van der Waals surface area contributed by atoms with Crippen LogP contribution >= 0.6 is 23.2 Å². The molecule has 0 atom stereocenters. The van der Waals surface area contributed by atoms with E-state index >= 15 is 0 Å². The summed E-state index contributed by atoms with van der Waals surface area (Å²) in [6.45, 7) is -13.3. The number of aromatic nitrogens is 2. The van der Waals surface area contributed by atoms with Gasteiger partial charge < -0.3 is 34.7 Å². The highest BCUT2D eigenvalue weighted by atomic mass is 35.5. The minimum atomic E-state index is -3.69. The van der Waals surface area contributed by atoms with Crippen molar-refractivity contribution in [1.82, 2.24) is 9.13 Å². The van der Waals surface area contributed by atoms with E-state index in [1.54, 1.807) is 12.1 Å². The molecular weight excluding hydrogens is 695 g/mol. The van der Waals surface area contributed by atoms with Gasteiger partial charge in [-0.25, -0.2) is 4.79 Å². The lowest BCUT2D eigenvalue weighted by Gasteiger charge is -2.22. The fourth-order valence-corrected chi connectivity index (χ4v) is 5.01. The fraction of sp³-hybridized carbons (Fsp3) is 0.158. The molecule has 0 radical (unpaired) electrons. The predicted octanol–water partition coefficient (Wildman–Crippen LogP) is 7.28. The number of nitrogens with one attached hydrogen (secondary N) is 1. The van der Waals surface area contributed by atoms with Crippen molar-refractivity contribution in [2.24, 2.45) is 14.1 Å². The van der Waals surface area contributed by atoms with Crippen LogP contribution in [-0.2, 0) is 14.1 Å². The third kappa shape index (κ3) is 8.01. The molecule has 264 valence electrons. The number of benzene rings is 4. The molecule has 0 fully saturated rings. The minimum Gasteiger partial charge on any atom is -0.506 e. The van der Waals surface area contributed by atoms with Crippen LogP contribution in [-0.4, -0.2) is 49.3 Å². The van der Waals surface area contributed by atoms with Crippen LogP contribution in [0.4, 0.5) is 11.4 Å². The van der Waals surface area contributed by atoms with E-state index in [4.69, 9.17) is 55.7 Å². The molecule has 0 saturated carbocycles. The van der Waals surface area contributed by atoms with E-state index in [-0.39, 0.29) is 31.2 Å². The van der Waals surface area contributed by atoms with Crippen LogP contribution in [0.15, 0.2) is 106 Å². The van der Waals surface area contributed by atoms with Crippen molar-refractivity contribution in [3.8, 4) is 11.5 Å². The van der Waals surface area contributed by atoms with Crippen molar-refractivity contribution >= 4 is 68.3 Å². The monoisotopic (exact) mass is 750 g/mol. The van der Waals surface area contributed by atoms with Crippen LogP contribution in [0.3, 0.4) is 0 Å². The maximum Gasteiger partial charge on any atom is 0.345 e. The molecule has 0 bridgehead atoms. The Morgan fingerprint density at radius 1 is 0.804 bits per heavy atom. The Labute approximate surface area is 331 Å². The predicted molar refractivity (Wildman–Crippen MR) is 203 cm³/mol. The number of anilines is 2. The molecule has 0 saturated heterocycles. The highest BCUT2D eigenvalue weighted by molar-refractivity contribution is 6.36. The zero-order valence-corrected chi connectivity index (χ0v) is 27.5. The Morgan fingerprint density at radius 2 is 1.29 bits per heavy atom. The fourth-order valence-electron chi connectivity index (χ4n) is 4.50. The van der Waals surface area contributed by atoms with Gasteiger partial charge >= 0.3 is 5.97 Å². The topological polar surface area (TPSA) is 154 Å². The highest BCUT2D eigenvalue weighted by Crippen LogP contribution is 2.34. The number of amides is 1. The normalized spacial score (nSPS) is 17.2. The maximum absolute atomic E-state index is 13.7. The summed E-state index contributed by atoms with van der Waals surface area (Å²) in [5, 5.41) is 31.6. The lowest BCUT2D eigenvalue weighted by Crippen LogP contribution is -2.36. The Bertz CT molecular complexity index is 3250. The van der Waals surface area contributed by atoms with Crippen LogP contribution in [0.1, 0.15) is 61.8 Å². The summed E-state index contributed by atoms with van der Waals surface area (Å²) >= 11 is 12.0. The Morgan fingerprint density at radius 3 is 1.78 bits per heavy atom. The summed E-state index contributed by atoms with van der Waals surface area (Å²) < 4.78 is 154. The third-order valence-electron chi connectivity index (χ3n) is 6.83. The van der Waals surface area contributed by atoms with Crippen LogP contribution in [0, 0.1) is 0 Å². The summed E-state index contributed by atoms with van der Waals surface area (Å²) in [6, 6.07) is 0.611. The first-order valence-corrected chi connectivity index (χ1v) is 14.6. The van der Waals surface area contributed by atoms with Crippen molar-refractivity contribution in [3.05, 3.63) is 139 Å². The second-order valence-corrected chi connectivity index (χ2v) is 10.5. The van der Waals surface area contributed by atoms with Gasteiger partial charge in [-0.15, -0.1) is 0 Å². The molecular formula is C38H36Cl2N4O7. The number of halogens is 2. The van der Waals surface area contributed by atoms with Crippen molar-refractivity contribution in [2.75, 3.05) is 23.2 Å². The molecule has 4 N–H and O–H groups in total. The Balaban J connectivity index is 0.000000256. The van der Waals surface area contributed by atoms with Crippen molar-refractivity contribution < 1.29 is 52.3 Å². The number of hydrogen-bond acceptors (Lipinski definition) is 7.